The molecule has 1 N–H and O–H groups in total. The van der Waals surface area contributed by atoms with Gasteiger partial charge in [0.2, 0.25) is 5.89 Å². The summed E-state index contributed by atoms with van der Waals surface area (Å²) in [4.78, 5) is 10.8. The monoisotopic (exact) mass is 356 g/mol. The van der Waals surface area contributed by atoms with Gasteiger partial charge in [-0.1, -0.05) is 19.9 Å². The zero-order valence-corrected chi connectivity index (χ0v) is 13.1. The lowest BCUT2D eigenvalue weighted by Crippen LogP contribution is -2.19. The normalized spacial score (nSPS) is 11.6. The first-order valence-corrected chi connectivity index (χ1v) is 7.06. The lowest BCUT2D eigenvalue weighted by molar-refractivity contribution is -0.139. The largest absolute Gasteiger partial charge is 0.481 e. The van der Waals surface area contributed by atoms with Crippen molar-refractivity contribution in [1.82, 2.24) is 10.2 Å². The van der Waals surface area contributed by atoms with Gasteiger partial charge < -0.3 is 9.52 Å². The van der Waals surface area contributed by atoms with Crippen LogP contribution >= 0.6 is 15.9 Å². The Morgan fingerprint density at radius 3 is 2.81 bits per heavy atom. The highest BCUT2D eigenvalue weighted by atomic mass is 79.9. The summed E-state index contributed by atoms with van der Waals surface area (Å²) in [5.74, 6) is -0.999. The third-order valence-electron chi connectivity index (χ3n) is 2.91. The summed E-state index contributed by atoms with van der Waals surface area (Å²) in [7, 11) is 0. The van der Waals surface area contributed by atoms with Gasteiger partial charge in [-0.05, 0) is 33.5 Å². The Morgan fingerprint density at radius 1 is 1.43 bits per heavy atom. The second kappa shape index (κ2) is 5.93. The predicted octanol–water partition coefficient (Wildman–Crippen LogP) is 3.68. The van der Waals surface area contributed by atoms with Gasteiger partial charge in [0, 0.05) is 6.42 Å². The second-order valence-corrected chi connectivity index (χ2v) is 6.37. The molecule has 0 aliphatic carbocycles. The summed E-state index contributed by atoms with van der Waals surface area (Å²) in [5, 5.41) is 16.5. The van der Waals surface area contributed by atoms with Crippen LogP contribution in [-0.4, -0.2) is 21.3 Å². The van der Waals surface area contributed by atoms with Gasteiger partial charge in [-0.2, -0.15) is 0 Å². The van der Waals surface area contributed by atoms with Crippen molar-refractivity contribution < 1.29 is 18.7 Å². The summed E-state index contributed by atoms with van der Waals surface area (Å²) in [6, 6.07) is 4.78. The van der Waals surface area contributed by atoms with Crippen molar-refractivity contribution in [3.05, 3.63) is 34.4 Å². The first-order chi connectivity index (χ1) is 9.78. The molecule has 2 rings (SSSR count). The molecule has 0 amide bonds. The van der Waals surface area contributed by atoms with Gasteiger partial charge in [-0.15, -0.1) is 10.2 Å². The first kappa shape index (κ1) is 15.6. The Morgan fingerprint density at radius 2 is 2.14 bits per heavy atom. The minimum Gasteiger partial charge on any atom is -0.481 e. The van der Waals surface area contributed by atoms with Crippen LogP contribution in [0.5, 0.6) is 0 Å². The van der Waals surface area contributed by atoms with Crippen molar-refractivity contribution in [2.45, 2.75) is 26.7 Å². The quantitative estimate of drug-likeness (QED) is 0.883. The number of carboxylic acid groups (broad SMARTS) is 1. The van der Waals surface area contributed by atoms with Crippen molar-refractivity contribution in [2.24, 2.45) is 5.41 Å². The van der Waals surface area contributed by atoms with Gasteiger partial charge in [-0.25, -0.2) is 4.39 Å². The van der Waals surface area contributed by atoms with Crippen LogP contribution in [0.1, 0.15) is 26.2 Å². The average Bonchev–Trinajstić information content (AvgIpc) is 2.78. The molecule has 0 bridgehead atoms. The van der Waals surface area contributed by atoms with Gasteiger partial charge in [-0.3, -0.25) is 4.79 Å². The number of aromatic nitrogens is 2. The molecule has 1 heterocycles. The lowest BCUT2D eigenvalue weighted by Gasteiger charge is -2.19. The molecule has 112 valence electrons. The number of carbonyl (C=O) groups is 1. The summed E-state index contributed by atoms with van der Waals surface area (Å²) in [6.45, 7) is 3.59. The number of halogens is 2. The molecular weight excluding hydrogens is 343 g/mol. The molecule has 0 saturated carbocycles. The van der Waals surface area contributed by atoms with Crippen molar-refractivity contribution in [2.75, 3.05) is 0 Å². The molecule has 1 aromatic carbocycles. The van der Waals surface area contributed by atoms with E-state index in [9.17, 15) is 9.18 Å². The predicted molar refractivity (Wildman–Crippen MR) is 77.1 cm³/mol. The molecule has 2 aromatic rings. The highest BCUT2D eigenvalue weighted by Crippen LogP contribution is 2.29. The molecule has 0 unspecified atom stereocenters. The Hall–Kier alpha value is -1.76. The Kier molecular flexibility index (Phi) is 4.41. The summed E-state index contributed by atoms with van der Waals surface area (Å²) in [5.41, 5.74) is -0.315. The zero-order valence-electron chi connectivity index (χ0n) is 11.6. The number of nitrogens with zero attached hydrogens (tertiary/aromatic N) is 2. The van der Waals surface area contributed by atoms with Crippen molar-refractivity contribution >= 4 is 21.9 Å². The minimum atomic E-state index is -0.891. The van der Waals surface area contributed by atoms with E-state index < -0.39 is 17.2 Å². The van der Waals surface area contributed by atoms with Crippen molar-refractivity contribution in [3.8, 4) is 11.5 Å². The number of hydrogen-bond donors (Lipinski definition) is 1. The van der Waals surface area contributed by atoms with Gasteiger partial charge in [0.1, 0.15) is 5.82 Å². The molecule has 0 spiro atoms. The van der Waals surface area contributed by atoms with E-state index in [0.717, 1.165) is 0 Å². The van der Waals surface area contributed by atoms with Crippen LogP contribution < -0.4 is 0 Å². The number of carboxylic acids is 1. The van der Waals surface area contributed by atoms with Crippen LogP contribution in [0.4, 0.5) is 4.39 Å². The van der Waals surface area contributed by atoms with Crippen molar-refractivity contribution in [3.63, 3.8) is 0 Å². The maximum atomic E-state index is 14.0. The van der Waals surface area contributed by atoms with Gasteiger partial charge >= 0.3 is 5.97 Å². The van der Waals surface area contributed by atoms with Crippen molar-refractivity contribution in [1.29, 1.82) is 0 Å². The molecule has 0 atom stereocenters. The molecule has 0 aliphatic heterocycles. The van der Waals surface area contributed by atoms with E-state index >= 15 is 0 Å². The minimum absolute atomic E-state index is 0.0179. The zero-order chi connectivity index (χ0) is 15.6. The van der Waals surface area contributed by atoms with Gasteiger partial charge in [0.15, 0.2) is 0 Å². The number of hydrogen-bond acceptors (Lipinski definition) is 4. The van der Waals surface area contributed by atoms with E-state index in [-0.39, 0.29) is 23.8 Å². The average molecular weight is 357 g/mol. The van der Waals surface area contributed by atoms with Gasteiger partial charge in [0.05, 0.1) is 16.5 Å². The highest BCUT2D eigenvalue weighted by molar-refractivity contribution is 9.10. The fourth-order valence-electron chi connectivity index (χ4n) is 1.98. The summed E-state index contributed by atoms with van der Waals surface area (Å²) >= 11 is 3.10. The van der Waals surface area contributed by atoms with Crippen LogP contribution in [0.25, 0.3) is 11.5 Å². The van der Waals surface area contributed by atoms with E-state index in [0.29, 0.717) is 10.9 Å². The molecule has 0 saturated heterocycles. The Balaban J connectivity index is 2.22. The molecular formula is C14H14BrFN2O3. The van der Waals surface area contributed by atoms with Crippen LogP contribution in [0.15, 0.2) is 27.1 Å². The molecule has 7 heteroatoms. The third-order valence-corrected chi connectivity index (χ3v) is 3.52. The van der Waals surface area contributed by atoms with Gasteiger partial charge in [0.25, 0.3) is 5.89 Å². The number of aliphatic carboxylic acids is 1. The van der Waals surface area contributed by atoms with Crippen LogP contribution in [0.2, 0.25) is 0 Å². The number of rotatable bonds is 5. The van der Waals surface area contributed by atoms with E-state index in [4.69, 9.17) is 9.52 Å². The fourth-order valence-corrected chi connectivity index (χ4v) is 2.35. The molecule has 0 aliphatic rings. The lowest BCUT2D eigenvalue weighted by atomic mass is 9.86. The Bertz CT molecular complexity index is 670. The topological polar surface area (TPSA) is 76.2 Å². The van der Waals surface area contributed by atoms with E-state index in [1.165, 1.54) is 0 Å². The van der Waals surface area contributed by atoms with E-state index in [1.54, 1.807) is 32.0 Å². The molecule has 5 nitrogen and oxygen atoms in total. The SMILES string of the molecule is CC(C)(CC(=O)O)Cc1nnc(-c2cccc(Br)c2F)o1. The van der Waals surface area contributed by atoms with Crippen LogP contribution in [0, 0.1) is 11.2 Å². The maximum Gasteiger partial charge on any atom is 0.303 e. The fraction of sp³-hybridized carbons (Fsp3) is 0.357. The van der Waals surface area contributed by atoms with E-state index in [1.807, 2.05) is 0 Å². The first-order valence-electron chi connectivity index (χ1n) is 6.27. The second-order valence-electron chi connectivity index (χ2n) is 5.51. The highest BCUT2D eigenvalue weighted by Gasteiger charge is 2.25. The number of benzene rings is 1. The third kappa shape index (κ3) is 3.87. The molecule has 0 radical (unpaired) electrons. The summed E-state index contributed by atoms with van der Waals surface area (Å²) in [6.07, 6.45) is 0.290. The standard InChI is InChI=1S/C14H14BrFN2O3/c1-14(2,7-11(19)20)6-10-17-18-13(21-10)8-4-3-5-9(15)12(8)16/h3-5H,6-7H2,1-2H3,(H,19,20). The van der Waals surface area contributed by atoms with E-state index in [2.05, 4.69) is 26.1 Å². The maximum absolute atomic E-state index is 14.0. The summed E-state index contributed by atoms with van der Waals surface area (Å²) < 4.78 is 19.7. The van der Waals surface area contributed by atoms with Crippen LogP contribution in [-0.2, 0) is 11.2 Å². The molecule has 1 aromatic heterocycles. The smallest absolute Gasteiger partial charge is 0.303 e. The van der Waals surface area contributed by atoms with Crippen LogP contribution in [0.3, 0.4) is 0 Å². The Labute approximate surface area is 129 Å². The molecule has 21 heavy (non-hydrogen) atoms. The molecule has 0 fully saturated rings.